The molecule has 0 saturated heterocycles. The zero-order chi connectivity index (χ0) is 9.78. The topological polar surface area (TPSA) is 23.8 Å². The van der Waals surface area contributed by atoms with E-state index in [0.717, 1.165) is 0 Å². The Kier molecular flexibility index (Phi) is 3.81. The molecule has 4 heteroatoms. The van der Waals surface area contributed by atoms with Crippen LogP contribution in [0.25, 0.3) is 0 Å². The van der Waals surface area contributed by atoms with Gasteiger partial charge in [-0.15, -0.1) is 0 Å². The summed E-state index contributed by atoms with van der Waals surface area (Å²) in [5.41, 5.74) is -0.743. The largest absolute Gasteiger partial charge is 0.413 e. The Morgan fingerprint density at radius 2 is 2.08 bits per heavy atom. The molecule has 0 aromatic rings. The molecule has 0 saturated carbocycles. The summed E-state index contributed by atoms with van der Waals surface area (Å²) >= 11 is 0. The maximum absolute atomic E-state index is 12.1. The van der Waals surface area contributed by atoms with E-state index in [2.05, 4.69) is 0 Å². The highest BCUT2D eigenvalue weighted by atomic mass is 19.4. The molecule has 0 aliphatic carbocycles. The predicted molar refractivity (Wildman–Crippen MR) is 39.2 cm³/mol. The lowest BCUT2D eigenvalue weighted by atomic mass is 9.98. The van der Waals surface area contributed by atoms with Gasteiger partial charge in [0.05, 0.1) is 6.07 Å². The van der Waals surface area contributed by atoms with E-state index in [4.69, 9.17) is 5.26 Å². The Hall–Kier alpha value is -0.980. The van der Waals surface area contributed by atoms with Crippen LogP contribution in [0.4, 0.5) is 13.2 Å². The molecule has 68 valence electrons. The molecule has 0 rings (SSSR count). The van der Waals surface area contributed by atoms with Crippen molar-refractivity contribution in [1.29, 1.82) is 5.26 Å². The van der Waals surface area contributed by atoms with E-state index < -0.39 is 17.7 Å². The molecule has 0 spiro atoms. The van der Waals surface area contributed by atoms with E-state index >= 15 is 0 Å². The summed E-state index contributed by atoms with van der Waals surface area (Å²) in [5, 5.41) is 8.12. The van der Waals surface area contributed by atoms with E-state index in [0.29, 0.717) is 12.5 Å². The first-order valence-electron chi connectivity index (χ1n) is 3.60. The summed E-state index contributed by atoms with van der Waals surface area (Å²) in [5.74, 6) is -0.607. The summed E-state index contributed by atoms with van der Waals surface area (Å²) in [6, 6.07) is 1.41. The molecule has 0 radical (unpaired) electrons. The lowest BCUT2D eigenvalue weighted by molar-refractivity contribution is -0.0984. The minimum atomic E-state index is -4.37. The third-order valence-corrected chi connectivity index (χ3v) is 1.69. The standard InChI is InChI=1S/C8H10F3N/c1-3-6(2)7(4-5-12)8(9,10)11/h4,6H,3H2,1-2H3. The monoisotopic (exact) mass is 177 g/mol. The first-order valence-corrected chi connectivity index (χ1v) is 3.60. The van der Waals surface area contributed by atoms with Crippen LogP contribution in [0.5, 0.6) is 0 Å². The van der Waals surface area contributed by atoms with E-state index in [1.807, 2.05) is 0 Å². The van der Waals surface area contributed by atoms with Crippen LogP contribution in [0, 0.1) is 17.2 Å². The normalized spacial score (nSPS) is 15.5. The first-order chi connectivity index (χ1) is 5.43. The molecule has 1 nitrogen and oxygen atoms in total. The molecule has 0 aromatic heterocycles. The van der Waals surface area contributed by atoms with Crippen LogP contribution in [0.1, 0.15) is 20.3 Å². The highest BCUT2D eigenvalue weighted by Crippen LogP contribution is 2.32. The van der Waals surface area contributed by atoms with Crippen molar-refractivity contribution in [2.75, 3.05) is 0 Å². The van der Waals surface area contributed by atoms with Gasteiger partial charge in [-0.1, -0.05) is 13.8 Å². The lowest BCUT2D eigenvalue weighted by Gasteiger charge is -2.15. The molecule has 0 aliphatic heterocycles. The number of rotatable bonds is 2. The molecular weight excluding hydrogens is 167 g/mol. The van der Waals surface area contributed by atoms with Crippen molar-refractivity contribution in [2.24, 2.45) is 5.92 Å². The van der Waals surface area contributed by atoms with Crippen molar-refractivity contribution in [2.45, 2.75) is 26.4 Å². The van der Waals surface area contributed by atoms with Gasteiger partial charge in [-0.3, -0.25) is 0 Å². The fraction of sp³-hybridized carbons (Fsp3) is 0.625. The van der Waals surface area contributed by atoms with Gasteiger partial charge in [0, 0.05) is 11.6 Å². The quantitative estimate of drug-likeness (QED) is 0.594. The fourth-order valence-electron chi connectivity index (χ4n) is 0.793. The fourth-order valence-corrected chi connectivity index (χ4v) is 0.793. The summed E-state index contributed by atoms with van der Waals surface area (Å²) in [7, 11) is 0. The maximum atomic E-state index is 12.1. The third kappa shape index (κ3) is 2.95. The number of hydrogen-bond donors (Lipinski definition) is 0. The van der Waals surface area contributed by atoms with E-state index in [-0.39, 0.29) is 0 Å². The van der Waals surface area contributed by atoms with Crippen molar-refractivity contribution in [1.82, 2.24) is 0 Å². The Labute approximate surface area is 69.5 Å². The highest BCUT2D eigenvalue weighted by molar-refractivity contribution is 5.20. The Balaban J connectivity index is 4.72. The van der Waals surface area contributed by atoms with Gasteiger partial charge in [0.15, 0.2) is 0 Å². The van der Waals surface area contributed by atoms with Crippen molar-refractivity contribution in [3.63, 3.8) is 0 Å². The van der Waals surface area contributed by atoms with Gasteiger partial charge in [-0.25, -0.2) is 0 Å². The number of alkyl halides is 3. The van der Waals surface area contributed by atoms with Crippen LogP contribution >= 0.6 is 0 Å². The number of nitriles is 1. The Bertz CT molecular complexity index is 209. The lowest BCUT2D eigenvalue weighted by Crippen LogP contribution is -2.17. The first kappa shape index (κ1) is 11.0. The van der Waals surface area contributed by atoms with Gasteiger partial charge in [0.2, 0.25) is 0 Å². The summed E-state index contributed by atoms with van der Waals surface area (Å²) < 4.78 is 36.4. The van der Waals surface area contributed by atoms with Gasteiger partial charge in [-0.2, -0.15) is 18.4 Å². The van der Waals surface area contributed by atoms with Crippen LogP contribution in [-0.2, 0) is 0 Å². The molecule has 1 atom stereocenters. The zero-order valence-corrected chi connectivity index (χ0v) is 6.94. The van der Waals surface area contributed by atoms with Crippen LogP contribution in [0.3, 0.4) is 0 Å². The highest BCUT2D eigenvalue weighted by Gasteiger charge is 2.35. The molecule has 0 aliphatic rings. The smallest absolute Gasteiger partial charge is 0.193 e. The molecule has 0 amide bonds. The Morgan fingerprint density at radius 1 is 1.58 bits per heavy atom. The summed E-state index contributed by atoms with van der Waals surface area (Å²) in [6.45, 7) is 3.11. The number of hydrogen-bond acceptors (Lipinski definition) is 1. The number of allylic oxidation sites excluding steroid dienone is 2. The van der Waals surface area contributed by atoms with Gasteiger partial charge in [0.1, 0.15) is 0 Å². The van der Waals surface area contributed by atoms with Crippen molar-refractivity contribution in [3.8, 4) is 6.07 Å². The number of halogens is 3. The SMILES string of the molecule is CCC(C)C(=CC#N)C(F)(F)F. The maximum Gasteiger partial charge on any atom is 0.413 e. The Morgan fingerprint density at radius 3 is 2.33 bits per heavy atom. The van der Waals surface area contributed by atoms with Crippen LogP contribution in [0.2, 0.25) is 0 Å². The van der Waals surface area contributed by atoms with Gasteiger partial charge < -0.3 is 0 Å². The molecule has 0 heterocycles. The second-order valence-corrected chi connectivity index (χ2v) is 2.54. The molecule has 0 aromatic carbocycles. The zero-order valence-electron chi connectivity index (χ0n) is 6.94. The molecule has 1 unspecified atom stereocenters. The number of nitrogens with zero attached hydrogens (tertiary/aromatic N) is 1. The minimum absolute atomic E-state index is 0.382. The van der Waals surface area contributed by atoms with Crippen LogP contribution in [-0.4, -0.2) is 6.18 Å². The average Bonchev–Trinajstić information content (AvgIpc) is 1.96. The van der Waals surface area contributed by atoms with E-state index in [1.54, 1.807) is 6.92 Å². The molecule has 12 heavy (non-hydrogen) atoms. The summed E-state index contributed by atoms with van der Waals surface area (Å²) in [6.07, 6.45) is -3.41. The average molecular weight is 177 g/mol. The van der Waals surface area contributed by atoms with Crippen LogP contribution < -0.4 is 0 Å². The summed E-state index contributed by atoms with van der Waals surface area (Å²) in [4.78, 5) is 0. The molecular formula is C8H10F3N. The molecule has 0 fully saturated rings. The second kappa shape index (κ2) is 4.15. The van der Waals surface area contributed by atoms with Crippen molar-refractivity contribution >= 4 is 0 Å². The molecule has 0 N–H and O–H groups in total. The van der Waals surface area contributed by atoms with Crippen molar-refractivity contribution < 1.29 is 13.2 Å². The third-order valence-electron chi connectivity index (χ3n) is 1.69. The van der Waals surface area contributed by atoms with Crippen molar-refractivity contribution in [3.05, 3.63) is 11.6 Å². The van der Waals surface area contributed by atoms with Crippen LogP contribution in [0.15, 0.2) is 11.6 Å². The van der Waals surface area contributed by atoms with E-state index in [1.165, 1.54) is 13.0 Å². The minimum Gasteiger partial charge on any atom is -0.193 e. The van der Waals surface area contributed by atoms with Gasteiger partial charge in [-0.05, 0) is 12.3 Å². The predicted octanol–water partition coefficient (Wildman–Crippen LogP) is 3.04. The molecule has 0 bridgehead atoms. The van der Waals surface area contributed by atoms with Gasteiger partial charge in [0.25, 0.3) is 0 Å². The second-order valence-electron chi connectivity index (χ2n) is 2.54. The van der Waals surface area contributed by atoms with E-state index in [9.17, 15) is 13.2 Å². The van der Waals surface area contributed by atoms with Gasteiger partial charge >= 0.3 is 6.18 Å².